The Morgan fingerprint density at radius 1 is 0.935 bits per heavy atom. The summed E-state index contributed by atoms with van der Waals surface area (Å²) in [7, 11) is -4.02. The monoisotopic (exact) mass is 434 g/mol. The number of Topliss-reactive ketones (excluding diaryl/α,β-unsaturated/α-hetero) is 1. The van der Waals surface area contributed by atoms with Crippen molar-refractivity contribution in [3.05, 3.63) is 102 Å². The number of sulfonamides is 1. The summed E-state index contributed by atoms with van der Waals surface area (Å²) in [6.07, 6.45) is 1.44. The second-order valence-electron chi connectivity index (χ2n) is 6.64. The number of fused-ring (bicyclic) bond motifs is 1. The maximum Gasteiger partial charge on any atom is 0.362 e. The molecule has 4 rings (SSSR count). The van der Waals surface area contributed by atoms with Crippen LogP contribution in [0, 0.1) is 0 Å². The van der Waals surface area contributed by atoms with Crippen molar-refractivity contribution in [1.82, 2.24) is 9.29 Å². The molecule has 1 aliphatic heterocycles. The topological polar surface area (TPSA) is 93.6 Å². The number of hydrogen-bond donors (Lipinski definition) is 0. The van der Waals surface area contributed by atoms with Crippen LogP contribution in [0.3, 0.4) is 0 Å². The van der Waals surface area contributed by atoms with Crippen molar-refractivity contribution >= 4 is 27.5 Å². The largest absolute Gasteiger partial charge is 0.419 e. The summed E-state index contributed by atoms with van der Waals surface area (Å²) in [6, 6.07) is 19.1. The molecule has 0 saturated heterocycles. The fourth-order valence-electron chi connectivity index (χ4n) is 3.36. The fourth-order valence-corrected chi connectivity index (χ4v) is 5.03. The zero-order valence-corrected chi connectivity index (χ0v) is 17.4. The minimum Gasteiger partial charge on any atom is -0.419 e. The van der Waals surface area contributed by atoms with E-state index in [9.17, 15) is 18.0 Å². The maximum absolute atomic E-state index is 13.4. The quantitative estimate of drug-likeness (QED) is 0.451. The first-order valence-electron chi connectivity index (χ1n) is 9.54. The van der Waals surface area contributed by atoms with Crippen LogP contribution in [0.4, 0.5) is 0 Å². The predicted molar refractivity (Wildman–Crippen MR) is 113 cm³/mol. The van der Waals surface area contributed by atoms with Gasteiger partial charge in [-0.05, 0) is 31.2 Å². The van der Waals surface area contributed by atoms with Crippen molar-refractivity contribution in [3.63, 3.8) is 0 Å². The van der Waals surface area contributed by atoms with Crippen LogP contribution in [0.15, 0.2) is 89.6 Å². The Labute approximate surface area is 179 Å². The van der Waals surface area contributed by atoms with Gasteiger partial charge in [0.25, 0.3) is 10.0 Å². The number of ether oxygens (including phenoxy) is 1. The van der Waals surface area contributed by atoms with Crippen molar-refractivity contribution < 1.29 is 22.7 Å². The summed E-state index contributed by atoms with van der Waals surface area (Å²) in [4.78, 5) is 30.2. The molecule has 0 spiro atoms. The van der Waals surface area contributed by atoms with Crippen LogP contribution in [-0.2, 0) is 14.8 Å². The molecular weight excluding hydrogens is 416 g/mol. The highest BCUT2D eigenvalue weighted by Gasteiger charge is 2.41. The lowest BCUT2D eigenvalue weighted by molar-refractivity contribution is 0.0679. The average Bonchev–Trinajstić information content (AvgIpc) is 2.81. The predicted octanol–water partition coefficient (Wildman–Crippen LogP) is 3.51. The molecule has 7 nitrogen and oxygen atoms in total. The lowest BCUT2D eigenvalue weighted by Crippen LogP contribution is -2.38. The molecular formula is C23H18N2O5S. The Bertz CT molecular complexity index is 1290. The molecule has 1 aromatic heterocycles. The molecule has 0 aliphatic carbocycles. The normalized spacial score (nSPS) is 14.7. The minimum absolute atomic E-state index is 0.0186. The standard InChI is InChI=1S/C23H18N2O5S/c1-2-25-20(21(26)16-10-4-3-5-11-16)22(30-23(27)18-13-8-9-15-24-18)17-12-6-7-14-19(17)31(25,28)29/h3-15H,2H2,1H3. The number of rotatable bonds is 5. The van der Waals surface area contributed by atoms with E-state index in [2.05, 4.69) is 4.98 Å². The number of ketones is 1. The third-order valence-corrected chi connectivity index (χ3v) is 6.70. The number of hydrogen-bond acceptors (Lipinski definition) is 6. The van der Waals surface area contributed by atoms with Crippen LogP contribution < -0.4 is 0 Å². The van der Waals surface area contributed by atoms with Crippen molar-refractivity contribution in [1.29, 1.82) is 0 Å². The number of carbonyl (C=O) groups excluding carboxylic acids is 2. The van der Waals surface area contributed by atoms with Crippen LogP contribution in [0.25, 0.3) is 5.76 Å². The molecule has 2 aromatic carbocycles. The Kier molecular flexibility index (Phi) is 5.39. The van der Waals surface area contributed by atoms with E-state index in [-0.39, 0.29) is 39.7 Å². The first-order chi connectivity index (χ1) is 14.9. The molecule has 0 unspecified atom stereocenters. The van der Waals surface area contributed by atoms with Gasteiger partial charge in [-0.3, -0.25) is 9.10 Å². The molecule has 0 bridgehead atoms. The molecule has 8 heteroatoms. The molecule has 2 heterocycles. The number of aromatic nitrogens is 1. The zero-order valence-electron chi connectivity index (χ0n) is 16.6. The molecule has 156 valence electrons. The molecule has 0 amide bonds. The van der Waals surface area contributed by atoms with Gasteiger partial charge in [0.2, 0.25) is 5.78 Å². The number of benzene rings is 2. The van der Waals surface area contributed by atoms with Gasteiger partial charge in [0.15, 0.2) is 5.76 Å². The second-order valence-corrected chi connectivity index (χ2v) is 8.47. The Hall–Kier alpha value is -3.78. The lowest BCUT2D eigenvalue weighted by Gasteiger charge is -2.32. The molecule has 0 atom stereocenters. The van der Waals surface area contributed by atoms with Crippen LogP contribution in [-0.4, -0.2) is 36.0 Å². The number of carbonyl (C=O) groups is 2. The maximum atomic E-state index is 13.4. The van der Waals surface area contributed by atoms with E-state index in [1.807, 2.05) is 0 Å². The van der Waals surface area contributed by atoms with Crippen LogP contribution in [0.2, 0.25) is 0 Å². The number of nitrogens with zero attached hydrogens (tertiary/aromatic N) is 2. The highest BCUT2D eigenvalue weighted by Crippen LogP contribution is 2.38. The molecule has 3 aromatic rings. The summed E-state index contributed by atoms with van der Waals surface area (Å²) in [5, 5.41) is 0. The van der Waals surface area contributed by atoms with Crippen LogP contribution >= 0.6 is 0 Å². The zero-order chi connectivity index (χ0) is 22.0. The van der Waals surface area contributed by atoms with Crippen molar-refractivity contribution in [2.75, 3.05) is 6.54 Å². The van der Waals surface area contributed by atoms with E-state index >= 15 is 0 Å². The van der Waals surface area contributed by atoms with E-state index in [1.165, 1.54) is 24.4 Å². The SMILES string of the molecule is CCN1C(C(=O)c2ccccc2)=C(OC(=O)c2ccccn2)c2ccccc2S1(=O)=O. The molecule has 0 N–H and O–H groups in total. The average molecular weight is 434 g/mol. The van der Waals surface area contributed by atoms with E-state index in [1.54, 1.807) is 61.5 Å². The smallest absolute Gasteiger partial charge is 0.362 e. The Morgan fingerprint density at radius 3 is 2.29 bits per heavy atom. The molecule has 0 fully saturated rings. The Balaban J connectivity index is 1.96. The summed E-state index contributed by atoms with van der Waals surface area (Å²) >= 11 is 0. The van der Waals surface area contributed by atoms with Crippen molar-refractivity contribution in [3.8, 4) is 0 Å². The van der Waals surface area contributed by atoms with Crippen LogP contribution in [0.1, 0.15) is 33.3 Å². The molecule has 0 radical (unpaired) electrons. The lowest BCUT2D eigenvalue weighted by atomic mass is 10.0. The number of allylic oxidation sites excluding steroid dienone is 1. The Morgan fingerprint density at radius 2 is 1.61 bits per heavy atom. The van der Waals surface area contributed by atoms with E-state index < -0.39 is 21.8 Å². The summed E-state index contributed by atoms with van der Waals surface area (Å²) in [6.45, 7) is 1.59. The molecule has 31 heavy (non-hydrogen) atoms. The second kappa shape index (κ2) is 8.16. The van der Waals surface area contributed by atoms with Gasteiger partial charge < -0.3 is 4.74 Å². The first-order valence-corrected chi connectivity index (χ1v) is 11.0. The van der Waals surface area contributed by atoms with Crippen molar-refractivity contribution in [2.24, 2.45) is 0 Å². The van der Waals surface area contributed by atoms with E-state index in [0.717, 1.165) is 4.31 Å². The summed E-state index contributed by atoms with van der Waals surface area (Å²) < 4.78 is 33.2. The summed E-state index contributed by atoms with van der Waals surface area (Å²) in [5.41, 5.74) is 0.250. The fraction of sp³-hybridized carbons (Fsp3) is 0.0870. The minimum atomic E-state index is -4.02. The number of pyridine rings is 1. The van der Waals surface area contributed by atoms with Crippen molar-refractivity contribution in [2.45, 2.75) is 11.8 Å². The third-order valence-electron chi connectivity index (χ3n) is 4.77. The highest BCUT2D eigenvalue weighted by atomic mass is 32.2. The molecule has 1 aliphatic rings. The van der Waals surface area contributed by atoms with Gasteiger partial charge in [-0.25, -0.2) is 18.2 Å². The van der Waals surface area contributed by atoms with E-state index in [4.69, 9.17) is 4.74 Å². The highest BCUT2D eigenvalue weighted by molar-refractivity contribution is 7.89. The summed E-state index contributed by atoms with van der Waals surface area (Å²) in [5.74, 6) is -1.47. The van der Waals surface area contributed by atoms with E-state index in [0.29, 0.717) is 0 Å². The van der Waals surface area contributed by atoms with Gasteiger partial charge in [0.05, 0.1) is 4.90 Å². The number of likely N-dealkylation sites (N-methyl/N-ethyl adjacent to an activating group) is 1. The van der Waals surface area contributed by atoms with Gasteiger partial charge in [-0.2, -0.15) is 0 Å². The van der Waals surface area contributed by atoms with Gasteiger partial charge in [-0.1, -0.05) is 48.5 Å². The van der Waals surface area contributed by atoms with Gasteiger partial charge in [0, 0.05) is 23.9 Å². The van der Waals surface area contributed by atoms with Gasteiger partial charge in [0.1, 0.15) is 11.4 Å². The first kappa shape index (κ1) is 20.5. The van der Waals surface area contributed by atoms with Gasteiger partial charge in [-0.15, -0.1) is 0 Å². The third kappa shape index (κ3) is 3.62. The number of esters is 1. The van der Waals surface area contributed by atoms with Crippen LogP contribution in [0.5, 0.6) is 0 Å². The van der Waals surface area contributed by atoms with Gasteiger partial charge >= 0.3 is 5.97 Å². The molecule has 0 saturated carbocycles.